The number of hydrogen-bond donors (Lipinski definition) is 1. The minimum atomic E-state index is -0.412. The number of ether oxygens (including phenoxy) is 1. The van der Waals surface area contributed by atoms with Crippen molar-refractivity contribution < 1.29 is 14.7 Å². The highest BCUT2D eigenvalue weighted by Gasteiger charge is 1.88. The van der Waals surface area contributed by atoms with Crippen LogP contribution in [0.1, 0.15) is 32.6 Å². The van der Waals surface area contributed by atoms with Crippen LogP contribution in [0.25, 0.3) is 0 Å². The maximum absolute atomic E-state index is 10.2. The first-order chi connectivity index (χ1) is 7.72. The molecule has 0 aromatic carbocycles. The summed E-state index contributed by atoms with van der Waals surface area (Å²) in [5.41, 5.74) is 0. The Hall–Kier alpha value is -1.58. The maximum atomic E-state index is 10.2. The van der Waals surface area contributed by atoms with E-state index in [1.165, 1.54) is 18.9 Å². The lowest BCUT2D eigenvalue weighted by molar-refractivity contribution is -0.368. The first kappa shape index (κ1) is 16.8. The second kappa shape index (κ2) is 15.9. The molecule has 0 radical (unpaired) electrons. The molecular weight excluding hydrogens is 206 g/mol. The van der Waals surface area contributed by atoms with Crippen LogP contribution >= 0.6 is 0 Å². The zero-order valence-electron chi connectivity index (χ0n) is 9.91. The Balaban J connectivity index is 0. The van der Waals surface area contributed by atoms with E-state index in [4.69, 9.17) is 0 Å². The standard InChI is InChI=1S/C6H13NO.C6H8O2/c1-2-3-4-5-6-7-8;1-3-5-8-6(7)4-2/h6-7H,2-5H2,1H3;3-4H,1-2,5H2. The van der Waals surface area contributed by atoms with Crippen LogP contribution in [0.3, 0.4) is 0 Å². The number of carbonyl (C=O) groups is 1. The predicted molar refractivity (Wildman–Crippen MR) is 65.9 cm³/mol. The van der Waals surface area contributed by atoms with Crippen LogP contribution in [-0.4, -0.2) is 18.8 Å². The molecule has 16 heavy (non-hydrogen) atoms. The summed E-state index contributed by atoms with van der Waals surface area (Å²) < 4.78 is 4.47. The van der Waals surface area contributed by atoms with E-state index < -0.39 is 5.97 Å². The lowest BCUT2D eigenvalue weighted by Crippen LogP contribution is -2.60. The monoisotopic (exact) mass is 227 g/mol. The summed E-state index contributed by atoms with van der Waals surface area (Å²) in [5, 5.41) is 11.3. The van der Waals surface area contributed by atoms with Crippen molar-refractivity contribution in [3.05, 3.63) is 30.5 Å². The molecule has 0 aliphatic rings. The van der Waals surface area contributed by atoms with Crippen LogP contribution in [0.4, 0.5) is 0 Å². The molecule has 0 unspecified atom stereocenters. The van der Waals surface area contributed by atoms with Crippen LogP contribution in [0, 0.1) is 5.21 Å². The fourth-order valence-electron chi connectivity index (χ4n) is 0.755. The molecule has 4 nitrogen and oxygen atoms in total. The molecule has 0 amide bonds. The van der Waals surface area contributed by atoms with Crippen LogP contribution in [0.15, 0.2) is 25.3 Å². The van der Waals surface area contributed by atoms with Gasteiger partial charge in [-0.2, -0.15) is 0 Å². The van der Waals surface area contributed by atoms with E-state index in [0.717, 1.165) is 18.9 Å². The summed E-state index contributed by atoms with van der Waals surface area (Å²) in [5.74, 6) is -0.412. The van der Waals surface area contributed by atoms with Crippen molar-refractivity contribution >= 4 is 12.2 Å². The molecule has 0 spiro atoms. The van der Waals surface area contributed by atoms with Gasteiger partial charge in [0.1, 0.15) is 12.8 Å². The summed E-state index contributed by atoms with van der Waals surface area (Å²) in [6.07, 6.45) is 8.63. The van der Waals surface area contributed by atoms with Crippen LogP contribution in [0.2, 0.25) is 0 Å². The van der Waals surface area contributed by atoms with Crippen LogP contribution in [-0.2, 0) is 9.53 Å². The second-order valence-electron chi connectivity index (χ2n) is 2.94. The summed E-state index contributed by atoms with van der Waals surface area (Å²) in [7, 11) is 0. The number of carbonyl (C=O) groups excluding carboxylic acids is 1. The zero-order chi connectivity index (χ0) is 12.6. The van der Waals surface area contributed by atoms with E-state index in [1.54, 1.807) is 11.4 Å². The third-order valence-corrected chi connectivity index (χ3v) is 1.55. The van der Waals surface area contributed by atoms with Crippen molar-refractivity contribution in [1.82, 2.24) is 0 Å². The molecule has 0 aliphatic carbocycles. The predicted octanol–water partition coefficient (Wildman–Crippen LogP) is 1.12. The van der Waals surface area contributed by atoms with Crippen molar-refractivity contribution in [1.29, 1.82) is 0 Å². The van der Waals surface area contributed by atoms with Gasteiger partial charge in [0, 0.05) is 12.5 Å². The number of hydrogen-bond acceptors (Lipinski definition) is 3. The van der Waals surface area contributed by atoms with Gasteiger partial charge in [0.2, 0.25) is 0 Å². The molecule has 0 aliphatic heterocycles. The summed E-state index contributed by atoms with van der Waals surface area (Å²) >= 11 is 0. The van der Waals surface area contributed by atoms with Gasteiger partial charge in [0.05, 0.1) is 0 Å². The average Bonchev–Trinajstić information content (AvgIpc) is 2.32. The smallest absolute Gasteiger partial charge is 0.330 e. The van der Waals surface area contributed by atoms with Gasteiger partial charge in [-0.3, -0.25) is 0 Å². The largest absolute Gasteiger partial charge is 0.626 e. The van der Waals surface area contributed by atoms with Gasteiger partial charge in [0.25, 0.3) is 0 Å². The maximum Gasteiger partial charge on any atom is 0.330 e. The minimum absolute atomic E-state index is 0.255. The third-order valence-electron chi connectivity index (χ3n) is 1.55. The number of rotatable bonds is 7. The normalized spacial score (nSPS) is 9.06. The molecular formula is C12H21NO3. The summed E-state index contributed by atoms with van der Waals surface area (Å²) in [4.78, 5) is 10.2. The minimum Gasteiger partial charge on any atom is -0.626 e. The van der Waals surface area contributed by atoms with Crippen molar-refractivity contribution in [3.63, 3.8) is 0 Å². The molecule has 0 saturated heterocycles. The fourth-order valence-corrected chi connectivity index (χ4v) is 0.755. The van der Waals surface area contributed by atoms with Gasteiger partial charge < -0.3 is 9.94 Å². The van der Waals surface area contributed by atoms with Gasteiger partial charge in [0.15, 0.2) is 0 Å². The zero-order valence-corrected chi connectivity index (χ0v) is 9.91. The fraction of sp³-hybridized carbons (Fsp3) is 0.500. The summed E-state index contributed by atoms with van der Waals surface area (Å²) in [6.45, 7) is 8.96. The Kier molecular flexibility index (Phi) is 16.7. The van der Waals surface area contributed by atoms with Crippen molar-refractivity contribution in [3.8, 4) is 0 Å². The van der Waals surface area contributed by atoms with E-state index in [9.17, 15) is 10.0 Å². The highest BCUT2D eigenvalue weighted by Crippen LogP contribution is 1.94. The third kappa shape index (κ3) is 18.3. The lowest BCUT2D eigenvalue weighted by Gasteiger charge is -1.92. The van der Waals surface area contributed by atoms with E-state index >= 15 is 0 Å². The van der Waals surface area contributed by atoms with Gasteiger partial charge in [-0.15, -0.1) is 0 Å². The van der Waals surface area contributed by atoms with Crippen molar-refractivity contribution in [2.45, 2.75) is 32.6 Å². The highest BCUT2D eigenvalue weighted by molar-refractivity contribution is 5.81. The summed E-state index contributed by atoms with van der Waals surface area (Å²) in [6, 6.07) is 0. The van der Waals surface area contributed by atoms with Gasteiger partial charge >= 0.3 is 5.97 Å². The SMILES string of the molecule is C=CCOC(=O)C=C.CCCCCC=[NH+][O-]. The number of esters is 1. The van der Waals surface area contributed by atoms with Gasteiger partial charge in [-0.1, -0.05) is 39.0 Å². The molecule has 92 valence electrons. The van der Waals surface area contributed by atoms with E-state index in [0.29, 0.717) is 0 Å². The molecule has 0 saturated carbocycles. The van der Waals surface area contributed by atoms with Gasteiger partial charge in [-0.25, -0.2) is 9.95 Å². The Bertz CT molecular complexity index is 212. The lowest BCUT2D eigenvalue weighted by atomic mass is 10.2. The quantitative estimate of drug-likeness (QED) is 0.135. The van der Waals surface area contributed by atoms with Crippen molar-refractivity contribution in [2.75, 3.05) is 6.61 Å². The van der Waals surface area contributed by atoms with Gasteiger partial charge in [-0.05, 0) is 6.42 Å². The van der Waals surface area contributed by atoms with Crippen LogP contribution in [0.5, 0.6) is 0 Å². The molecule has 0 aromatic heterocycles. The Morgan fingerprint density at radius 1 is 1.44 bits per heavy atom. The Morgan fingerprint density at radius 3 is 2.56 bits per heavy atom. The van der Waals surface area contributed by atoms with E-state index in [2.05, 4.69) is 24.8 Å². The van der Waals surface area contributed by atoms with Crippen molar-refractivity contribution in [2.24, 2.45) is 0 Å². The molecule has 0 bridgehead atoms. The molecule has 0 rings (SSSR count). The van der Waals surface area contributed by atoms with E-state index in [1.807, 2.05) is 0 Å². The Morgan fingerprint density at radius 2 is 2.12 bits per heavy atom. The molecule has 0 fully saturated rings. The molecule has 4 heteroatoms. The van der Waals surface area contributed by atoms with E-state index in [-0.39, 0.29) is 6.61 Å². The molecule has 0 atom stereocenters. The molecule has 1 N–H and O–H groups in total. The molecule has 0 heterocycles. The number of nitrogens with one attached hydrogen (secondary N) is 1. The number of unbranched alkanes of at least 4 members (excludes halogenated alkanes) is 3. The molecule has 0 aromatic rings. The second-order valence-corrected chi connectivity index (χ2v) is 2.94. The highest BCUT2D eigenvalue weighted by atomic mass is 16.5. The first-order valence-electron chi connectivity index (χ1n) is 5.32. The first-order valence-corrected chi connectivity index (χ1v) is 5.32. The average molecular weight is 227 g/mol. The van der Waals surface area contributed by atoms with Crippen LogP contribution < -0.4 is 5.16 Å². The topological polar surface area (TPSA) is 63.3 Å². The Labute approximate surface area is 97.3 Å².